The van der Waals surface area contributed by atoms with E-state index in [0.717, 1.165) is 15.8 Å². The second-order valence-corrected chi connectivity index (χ2v) is 7.56. The standard InChI is InChI=1S/C19H12Cl2N2O2S/c1-10-3-2-4-16-17(10)22-19(26-16)23-18(24)15-8-7-14(25-15)12-9-11(20)5-6-13(12)21/h2-9H,1H3,(H,22,23,24). The van der Waals surface area contributed by atoms with Gasteiger partial charge < -0.3 is 4.42 Å². The number of hydrogen-bond donors (Lipinski definition) is 1. The average Bonchev–Trinajstić information content (AvgIpc) is 3.24. The Morgan fingerprint density at radius 1 is 1.15 bits per heavy atom. The van der Waals surface area contributed by atoms with Crippen molar-refractivity contribution in [1.82, 2.24) is 4.98 Å². The molecule has 2 aromatic heterocycles. The molecule has 0 aliphatic carbocycles. The van der Waals surface area contributed by atoms with Gasteiger partial charge in [0.15, 0.2) is 10.9 Å². The van der Waals surface area contributed by atoms with Crippen molar-refractivity contribution in [2.75, 3.05) is 5.32 Å². The number of benzene rings is 2. The van der Waals surface area contributed by atoms with E-state index in [1.54, 1.807) is 30.3 Å². The molecule has 0 spiro atoms. The summed E-state index contributed by atoms with van der Waals surface area (Å²) < 4.78 is 6.68. The molecule has 0 saturated heterocycles. The number of nitrogens with one attached hydrogen (secondary N) is 1. The largest absolute Gasteiger partial charge is 0.451 e. The smallest absolute Gasteiger partial charge is 0.293 e. The molecule has 0 aliphatic rings. The van der Waals surface area contributed by atoms with Crippen LogP contribution in [0.1, 0.15) is 16.1 Å². The van der Waals surface area contributed by atoms with Crippen molar-refractivity contribution in [3.63, 3.8) is 0 Å². The van der Waals surface area contributed by atoms with E-state index in [2.05, 4.69) is 10.3 Å². The molecule has 4 rings (SSSR count). The van der Waals surface area contributed by atoms with Crippen molar-refractivity contribution in [2.45, 2.75) is 6.92 Å². The van der Waals surface area contributed by atoms with E-state index in [9.17, 15) is 4.79 Å². The molecule has 0 aliphatic heterocycles. The number of carbonyl (C=O) groups is 1. The molecule has 0 bridgehead atoms. The van der Waals surface area contributed by atoms with E-state index in [0.29, 0.717) is 26.5 Å². The summed E-state index contributed by atoms with van der Waals surface area (Å²) in [7, 11) is 0. The summed E-state index contributed by atoms with van der Waals surface area (Å²) in [5.74, 6) is 0.279. The van der Waals surface area contributed by atoms with Crippen LogP contribution in [0, 0.1) is 6.92 Å². The molecule has 130 valence electrons. The predicted octanol–water partition coefficient (Wildman–Crippen LogP) is 6.42. The number of halogens is 2. The number of aryl methyl sites for hydroxylation is 1. The quantitative estimate of drug-likeness (QED) is 0.429. The Morgan fingerprint density at radius 3 is 2.81 bits per heavy atom. The predicted molar refractivity (Wildman–Crippen MR) is 106 cm³/mol. The van der Waals surface area contributed by atoms with E-state index in [1.807, 2.05) is 25.1 Å². The molecule has 26 heavy (non-hydrogen) atoms. The zero-order valence-electron chi connectivity index (χ0n) is 13.5. The summed E-state index contributed by atoms with van der Waals surface area (Å²) in [6, 6.07) is 14.3. The highest BCUT2D eigenvalue weighted by Crippen LogP contribution is 2.32. The van der Waals surface area contributed by atoms with Crippen molar-refractivity contribution in [3.05, 3.63) is 69.9 Å². The molecule has 2 heterocycles. The van der Waals surface area contributed by atoms with Crippen molar-refractivity contribution in [1.29, 1.82) is 0 Å². The normalized spacial score (nSPS) is 11.0. The maximum Gasteiger partial charge on any atom is 0.293 e. The molecule has 1 N–H and O–H groups in total. The summed E-state index contributed by atoms with van der Waals surface area (Å²) in [6.07, 6.45) is 0. The molecule has 4 aromatic rings. The van der Waals surface area contributed by atoms with Gasteiger partial charge in [-0.25, -0.2) is 4.98 Å². The van der Waals surface area contributed by atoms with Crippen molar-refractivity contribution in [3.8, 4) is 11.3 Å². The van der Waals surface area contributed by atoms with Gasteiger partial charge in [-0.2, -0.15) is 0 Å². The fourth-order valence-electron chi connectivity index (χ4n) is 2.59. The summed E-state index contributed by atoms with van der Waals surface area (Å²) in [6.45, 7) is 1.99. The molecular weight excluding hydrogens is 391 g/mol. The maximum absolute atomic E-state index is 12.5. The fraction of sp³-hybridized carbons (Fsp3) is 0.0526. The summed E-state index contributed by atoms with van der Waals surface area (Å²) in [4.78, 5) is 16.9. The number of aromatic nitrogens is 1. The molecule has 2 aromatic carbocycles. The van der Waals surface area contributed by atoms with Gasteiger partial charge in [0.1, 0.15) is 5.76 Å². The van der Waals surface area contributed by atoms with Gasteiger partial charge in [-0.1, -0.05) is 46.7 Å². The lowest BCUT2D eigenvalue weighted by Gasteiger charge is -2.02. The number of anilines is 1. The molecule has 0 atom stereocenters. The fourth-order valence-corrected chi connectivity index (χ4v) is 3.91. The van der Waals surface area contributed by atoms with Crippen LogP contribution in [0.15, 0.2) is 52.9 Å². The molecule has 4 nitrogen and oxygen atoms in total. The highest BCUT2D eigenvalue weighted by molar-refractivity contribution is 7.22. The first-order chi connectivity index (χ1) is 12.5. The molecule has 0 saturated carbocycles. The number of fused-ring (bicyclic) bond motifs is 1. The molecule has 0 unspecified atom stereocenters. The van der Waals surface area contributed by atoms with E-state index in [4.69, 9.17) is 27.6 Å². The number of hydrogen-bond acceptors (Lipinski definition) is 4. The summed E-state index contributed by atoms with van der Waals surface area (Å²) in [5.41, 5.74) is 2.59. The molecule has 0 fully saturated rings. The van der Waals surface area contributed by atoms with Crippen molar-refractivity contribution < 1.29 is 9.21 Å². The van der Waals surface area contributed by atoms with Gasteiger partial charge in [0.25, 0.3) is 5.91 Å². The lowest BCUT2D eigenvalue weighted by atomic mass is 10.2. The van der Waals surface area contributed by atoms with E-state index in [-0.39, 0.29) is 11.7 Å². The minimum atomic E-state index is -0.369. The van der Waals surface area contributed by atoms with E-state index in [1.165, 1.54) is 11.3 Å². The van der Waals surface area contributed by atoms with Gasteiger partial charge in [0.05, 0.1) is 15.2 Å². The minimum absolute atomic E-state index is 0.173. The Bertz CT molecular complexity index is 1130. The first-order valence-electron chi connectivity index (χ1n) is 7.74. The first-order valence-corrected chi connectivity index (χ1v) is 9.31. The number of nitrogens with zero attached hydrogens (tertiary/aromatic N) is 1. The topological polar surface area (TPSA) is 55.1 Å². The zero-order valence-corrected chi connectivity index (χ0v) is 15.9. The lowest BCUT2D eigenvalue weighted by molar-refractivity contribution is 0.0997. The zero-order chi connectivity index (χ0) is 18.3. The number of para-hydroxylation sites is 1. The number of rotatable bonds is 3. The van der Waals surface area contributed by atoms with Gasteiger partial charge in [-0.3, -0.25) is 10.1 Å². The van der Waals surface area contributed by atoms with Gasteiger partial charge in [0, 0.05) is 10.6 Å². The monoisotopic (exact) mass is 402 g/mol. The Balaban J connectivity index is 1.60. The second kappa shape index (κ2) is 6.76. The second-order valence-electron chi connectivity index (χ2n) is 5.68. The van der Waals surface area contributed by atoms with Gasteiger partial charge in [0.2, 0.25) is 0 Å². The first kappa shape index (κ1) is 17.1. The van der Waals surface area contributed by atoms with Crippen molar-refractivity contribution >= 4 is 55.8 Å². The van der Waals surface area contributed by atoms with Crippen LogP contribution in [0.2, 0.25) is 10.0 Å². The van der Waals surface area contributed by atoms with Crippen LogP contribution in [0.3, 0.4) is 0 Å². The van der Waals surface area contributed by atoms with Crippen LogP contribution in [-0.4, -0.2) is 10.9 Å². The summed E-state index contributed by atoms with van der Waals surface area (Å²) in [5, 5.41) is 4.34. The summed E-state index contributed by atoms with van der Waals surface area (Å²) >= 11 is 13.6. The van der Waals surface area contributed by atoms with Crippen molar-refractivity contribution in [2.24, 2.45) is 0 Å². The third kappa shape index (κ3) is 3.21. The van der Waals surface area contributed by atoms with Crippen LogP contribution < -0.4 is 5.32 Å². The highest BCUT2D eigenvalue weighted by Gasteiger charge is 2.16. The van der Waals surface area contributed by atoms with Crippen LogP contribution in [0.25, 0.3) is 21.5 Å². The van der Waals surface area contributed by atoms with Crippen LogP contribution in [-0.2, 0) is 0 Å². The van der Waals surface area contributed by atoms with Crippen LogP contribution >= 0.6 is 34.5 Å². The number of carbonyl (C=O) groups excluding carboxylic acids is 1. The van der Waals surface area contributed by atoms with Gasteiger partial charge in [-0.05, 0) is 48.9 Å². The molecule has 7 heteroatoms. The number of furan rings is 1. The molecule has 1 amide bonds. The van der Waals surface area contributed by atoms with Gasteiger partial charge >= 0.3 is 0 Å². The Hall–Kier alpha value is -2.34. The van der Waals surface area contributed by atoms with Gasteiger partial charge in [-0.15, -0.1) is 0 Å². The molecular formula is C19H12Cl2N2O2S. The maximum atomic E-state index is 12.5. The third-order valence-corrected chi connectivity index (χ3v) is 5.37. The minimum Gasteiger partial charge on any atom is -0.451 e. The number of amides is 1. The molecule has 0 radical (unpaired) electrons. The van der Waals surface area contributed by atoms with E-state index >= 15 is 0 Å². The van der Waals surface area contributed by atoms with Crippen LogP contribution in [0.4, 0.5) is 5.13 Å². The Morgan fingerprint density at radius 2 is 2.00 bits per heavy atom. The highest BCUT2D eigenvalue weighted by atomic mass is 35.5. The Kier molecular flexibility index (Phi) is 4.44. The average molecular weight is 403 g/mol. The third-order valence-electron chi connectivity index (χ3n) is 3.86. The Labute approximate surface area is 163 Å². The lowest BCUT2D eigenvalue weighted by Crippen LogP contribution is -2.10. The SMILES string of the molecule is Cc1cccc2sc(NC(=O)c3ccc(-c4cc(Cl)ccc4Cl)o3)nc12. The number of thiazole rings is 1. The van der Waals surface area contributed by atoms with E-state index < -0.39 is 0 Å². The van der Waals surface area contributed by atoms with Crippen LogP contribution in [0.5, 0.6) is 0 Å².